The molecule has 9 rings (SSSR count). The molecule has 0 aliphatic heterocycles. The van der Waals surface area contributed by atoms with Crippen molar-refractivity contribution in [3.8, 4) is 0 Å². The van der Waals surface area contributed by atoms with Crippen LogP contribution in [-0.2, 0) is 6.16 Å². The number of benzene rings is 9. The second-order valence-corrected chi connectivity index (χ2v) is 19.9. The van der Waals surface area contributed by atoms with E-state index in [4.69, 9.17) is 0 Å². The average Bonchev–Trinajstić information content (AvgIpc) is 3.43. The predicted octanol–water partition coefficient (Wildman–Crippen LogP) is 12.2. The number of rotatable bonds is 9. The van der Waals surface area contributed by atoms with Gasteiger partial charge in [0.15, 0.2) is 69.8 Å². The van der Waals surface area contributed by atoms with Gasteiger partial charge in [-0.3, -0.25) is 0 Å². The summed E-state index contributed by atoms with van der Waals surface area (Å²) in [4.78, 5) is 0. The molecule has 0 aliphatic carbocycles. The third-order valence-electron chi connectivity index (χ3n) is 12.5. The Kier molecular flexibility index (Phi) is 14.7. The molecule has 384 valence electrons. The summed E-state index contributed by atoms with van der Waals surface area (Å²) in [6, 6.07) is 48.9. The average molecular weight is 1080 g/mol. The van der Waals surface area contributed by atoms with E-state index in [0.29, 0.717) is 0 Å². The summed E-state index contributed by atoms with van der Waals surface area (Å²) < 4.78 is 294. The summed E-state index contributed by atoms with van der Waals surface area (Å²) in [5.41, 5.74) is -12.9. The van der Waals surface area contributed by atoms with Gasteiger partial charge < -0.3 is 0 Å². The Morgan fingerprint density at radius 2 is 0.467 bits per heavy atom. The Morgan fingerprint density at radius 1 is 0.240 bits per heavy atom. The summed E-state index contributed by atoms with van der Waals surface area (Å²) in [5.74, 6) is -71.4. The van der Waals surface area contributed by atoms with Gasteiger partial charge in [0.2, 0.25) is 0 Å². The molecular formula is C53H24BF20P. The first-order valence-electron chi connectivity index (χ1n) is 21.3. The molecule has 0 unspecified atom stereocenters. The molecule has 0 saturated carbocycles. The van der Waals surface area contributed by atoms with E-state index in [2.05, 4.69) is 133 Å². The molecule has 0 atom stereocenters. The first-order chi connectivity index (χ1) is 35.6. The van der Waals surface area contributed by atoms with Crippen LogP contribution in [0, 0.1) is 116 Å². The Labute approximate surface area is 410 Å². The molecule has 75 heavy (non-hydrogen) atoms. The molecule has 0 radical (unpaired) electrons. The lowest BCUT2D eigenvalue weighted by Gasteiger charge is -2.44. The van der Waals surface area contributed by atoms with E-state index in [1.807, 2.05) is 0 Å². The first-order valence-corrected chi connectivity index (χ1v) is 23.3. The lowest BCUT2D eigenvalue weighted by atomic mass is 9.12. The standard InChI is InChI=1S/C29H24P.C24BF20/c1-4-14-27(15-5-1)30(28-16-6-2-7-17-28,29-18-8-3-9-19-29)23-24-20-21-25-12-10-11-13-26(25)22-24;26-5-1(6(27)14(35)21(42)13(5)34)25(2-7(28)15(36)22(43)16(37)8(2)29,3-9(30)17(38)23(44)18(39)10(3)31)4-11(32)19(40)24(45)20(41)12(4)33/h1-22H,23H2;/q+1;-1. The van der Waals surface area contributed by atoms with Gasteiger partial charge in [0.25, 0.3) is 0 Å². The molecule has 0 N–H and O–H groups in total. The van der Waals surface area contributed by atoms with Crippen molar-refractivity contribution in [2.45, 2.75) is 6.16 Å². The normalized spacial score (nSPS) is 11.8. The maximum Gasteiger partial charge on any atom is 0.200 e. The lowest BCUT2D eigenvalue weighted by molar-refractivity contribution is 0.378. The highest BCUT2D eigenvalue weighted by atomic mass is 31.2. The minimum atomic E-state index is -7.22. The van der Waals surface area contributed by atoms with Gasteiger partial charge in [-0.2, -0.15) is 0 Å². The second-order valence-electron chi connectivity index (χ2n) is 16.5. The monoisotopic (exact) mass is 1080 g/mol. The number of hydrogen-bond acceptors (Lipinski definition) is 0. The van der Waals surface area contributed by atoms with Crippen molar-refractivity contribution in [3.05, 3.63) is 255 Å². The largest absolute Gasteiger partial charge is 0.207 e. The Balaban J connectivity index is 0.000000215. The Hall–Kier alpha value is -7.67. The highest BCUT2D eigenvalue weighted by molar-refractivity contribution is 7.95. The molecule has 0 aliphatic rings. The van der Waals surface area contributed by atoms with E-state index in [1.165, 1.54) is 32.2 Å². The number of fused-ring (bicyclic) bond motifs is 1. The molecule has 9 aromatic carbocycles. The number of halogens is 20. The smallest absolute Gasteiger partial charge is 0.200 e. The van der Waals surface area contributed by atoms with E-state index >= 15 is 35.1 Å². The molecule has 0 spiro atoms. The van der Waals surface area contributed by atoms with Gasteiger partial charge in [-0.1, -0.05) is 91.0 Å². The van der Waals surface area contributed by atoms with Crippen LogP contribution in [0.4, 0.5) is 87.8 Å². The highest BCUT2D eigenvalue weighted by Gasteiger charge is 2.52. The van der Waals surface area contributed by atoms with E-state index in [0.717, 1.165) is 6.16 Å². The molecule has 0 aromatic heterocycles. The van der Waals surface area contributed by atoms with Gasteiger partial charge in [-0.05, 0) is 58.8 Å². The maximum absolute atomic E-state index is 15.4. The zero-order valence-corrected chi connectivity index (χ0v) is 37.9. The second kappa shape index (κ2) is 20.6. The molecule has 0 nitrogen and oxygen atoms in total. The fraction of sp³-hybridized carbons (Fsp3) is 0.0189. The summed E-state index contributed by atoms with van der Waals surface area (Å²) in [7, 11) is -1.85. The van der Waals surface area contributed by atoms with Gasteiger partial charge in [0.1, 0.15) is 75.9 Å². The first kappa shape index (κ1) is 53.6. The van der Waals surface area contributed by atoms with E-state index in [-0.39, 0.29) is 0 Å². The van der Waals surface area contributed by atoms with E-state index in [9.17, 15) is 52.7 Å². The van der Waals surface area contributed by atoms with Gasteiger partial charge in [-0.15, -0.1) is 21.9 Å². The molecular weight excluding hydrogens is 1060 g/mol. The van der Waals surface area contributed by atoms with Gasteiger partial charge in [0, 0.05) is 0 Å². The van der Waals surface area contributed by atoms with Crippen LogP contribution in [0.5, 0.6) is 0 Å². The van der Waals surface area contributed by atoms with Crippen molar-refractivity contribution in [2.75, 3.05) is 0 Å². The van der Waals surface area contributed by atoms with Crippen LogP contribution in [0.2, 0.25) is 0 Å². The summed E-state index contributed by atoms with van der Waals surface area (Å²) in [6.07, 6.45) is -6.21. The van der Waals surface area contributed by atoms with Crippen molar-refractivity contribution >= 4 is 61.9 Å². The quantitative estimate of drug-likeness (QED) is 0.0444. The minimum Gasteiger partial charge on any atom is -0.207 e. The van der Waals surface area contributed by atoms with Crippen molar-refractivity contribution < 1.29 is 87.8 Å². The molecule has 0 bridgehead atoms. The van der Waals surface area contributed by atoms with Crippen LogP contribution in [0.25, 0.3) is 10.8 Å². The zero-order valence-electron chi connectivity index (χ0n) is 37.0. The van der Waals surface area contributed by atoms with Crippen LogP contribution in [0.15, 0.2) is 133 Å². The number of hydrogen-bond donors (Lipinski definition) is 0. The molecule has 9 aromatic rings. The Morgan fingerprint density at radius 3 is 0.733 bits per heavy atom. The van der Waals surface area contributed by atoms with Crippen LogP contribution >= 0.6 is 7.26 Å². The predicted molar refractivity (Wildman–Crippen MR) is 242 cm³/mol. The van der Waals surface area contributed by atoms with Crippen molar-refractivity contribution in [1.82, 2.24) is 0 Å². The molecule has 0 fully saturated rings. The fourth-order valence-electron chi connectivity index (χ4n) is 9.25. The van der Waals surface area contributed by atoms with E-state index < -0.39 is 152 Å². The van der Waals surface area contributed by atoms with Crippen LogP contribution in [0.1, 0.15) is 5.56 Å². The summed E-state index contributed by atoms with van der Waals surface area (Å²) in [5, 5.41) is 6.88. The van der Waals surface area contributed by atoms with Crippen LogP contribution in [-0.4, -0.2) is 6.15 Å². The van der Waals surface area contributed by atoms with Gasteiger partial charge in [0.05, 0.1) is 6.16 Å². The molecule has 22 heteroatoms. The zero-order chi connectivity index (χ0) is 54.6. The van der Waals surface area contributed by atoms with E-state index in [1.54, 1.807) is 0 Å². The molecule has 0 amide bonds. The van der Waals surface area contributed by atoms with Crippen LogP contribution in [0.3, 0.4) is 0 Å². The summed E-state index contributed by atoms with van der Waals surface area (Å²) >= 11 is 0. The van der Waals surface area contributed by atoms with Crippen LogP contribution < -0.4 is 37.8 Å². The summed E-state index contributed by atoms with van der Waals surface area (Å²) in [6.45, 7) is 0. The minimum absolute atomic E-state index is 1.01. The lowest BCUT2D eigenvalue weighted by Crippen LogP contribution is -2.81. The maximum atomic E-state index is 15.4. The highest BCUT2D eigenvalue weighted by Crippen LogP contribution is 2.58. The fourth-order valence-corrected chi connectivity index (χ4v) is 13.5. The molecule has 0 saturated heterocycles. The van der Waals surface area contributed by atoms with Crippen molar-refractivity contribution in [2.24, 2.45) is 0 Å². The topological polar surface area (TPSA) is 0 Å². The molecule has 0 heterocycles. The SMILES string of the molecule is Fc1c(F)c(F)c([B-](c2c(F)c(F)c(F)c(F)c2F)(c2c(F)c(F)c(F)c(F)c2F)c2c(F)c(F)c(F)c(F)c2F)c(F)c1F.c1ccc([P+](Cc2ccc3ccccc3c2)(c2ccccc2)c2ccccc2)cc1. The van der Waals surface area contributed by atoms with Crippen molar-refractivity contribution in [3.63, 3.8) is 0 Å². The Bertz CT molecular complexity index is 3210. The van der Waals surface area contributed by atoms with Crippen molar-refractivity contribution in [1.29, 1.82) is 0 Å². The van der Waals surface area contributed by atoms with Gasteiger partial charge in [-0.25, -0.2) is 87.8 Å². The van der Waals surface area contributed by atoms with Gasteiger partial charge >= 0.3 is 0 Å². The third-order valence-corrected chi connectivity index (χ3v) is 16.9. The third kappa shape index (κ3) is 8.54.